The molecule has 0 aliphatic heterocycles. The van der Waals surface area contributed by atoms with Crippen molar-refractivity contribution in [2.24, 2.45) is 0 Å². The third kappa shape index (κ3) is 2.37. The summed E-state index contributed by atoms with van der Waals surface area (Å²) in [5.74, 6) is -0.976. The Bertz CT molecular complexity index is 306. The van der Waals surface area contributed by atoms with Crippen molar-refractivity contribution < 1.29 is 19.7 Å². The number of ether oxygens (including phenoxy) is 1. The van der Waals surface area contributed by atoms with Gasteiger partial charge in [-0.05, 0) is 18.2 Å². The minimum atomic E-state index is -0.677. The molecule has 0 heterocycles. The van der Waals surface area contributed by atoms with Gasteiger partial charge in [-0.2, -0.15) is 0 Å². The Morgan fingerprint density at radius 2 is 2.00 bits per heavy atom. The molecule has 0 bridgehead atoms. The Morgan fingerprint density at radius 3 is 2.54 bits per heavy atom. The molecular weight excluding hydrogens is 172 g/mol. The molecular formula is C9H12O4. The maximum absolute atomic E-state index is 10.9. The van der Waals surface area contributed by atoms with Crippen LogP contribution in [-0.2, 0) is 4.74 Å². The largest absolute Gasteiger partial charge is 0.508 e. The van der Waals surface area contributed by atoms with Crippen LogP contribution in [0.25, 0.3) is 0 Å². The zero-order valence-corrected chi connectivity index (χ0v) is 6.44. The van der Waals surface area contributed by atoms with Crippen molar-refractivity contribution in [3.05, 3.63) is 23.8 Å². The molecule has 0 unspecified atom stereocenters. The van der Waals surface area contributed by atoms with E-state index in [0.29, 0.717) is 0 Å². The van der Waals surface area contributed by atoms with E-state index in [2.05, 4.69) is 4.74 Å². The van der Waals surface area contributed by atoms with E-state index in [1.807, 2.05) is 0 Å². The second-order valence-electron chi connectivity index (χ2n) is 2.19. The Labute approximate surface area is 76.4 Å². The molecule has 0 aliphatic carbocycles. The van der Waals surface area contributed by atoms with Crippen LogP contribution in [0.1, 0.15) is 17.8 Å². The van der Waals surface area contributed by atoms with Crippen LogP contribution in [0.3, 0.4) is 0 Å². The monoisotopic (exact) mass is 184 g/mol. The fourth-order valence-corrected chi connectivity index (χ4v) is 0.797. The molecule has 2 N–H and O–H groups in total. The van der Waals surface area contributed by atoms with Crippen LogP contribution in [0.2, 0.25) is 0 Å². The quantitative estimate of drug-likeness (QED) is 0.513. The number of carbonyl (C=O) groups excluding carboxylic acids is 1. The van der Waals surface area contributed by atoms with Crippen LogP contribution in [0.4, 0.5) is 0 Å². The summed E-state index contributed by atoms with van der Waals surface area (Å²) in [5.41, 5.74) is -0.0440. The van der Waals surface area contributed by atoms with Gasteiger partial charge in [0.25, 0.3) is 0 Å². The van der Waals surface area contributed by atoms with Crippen molar-refractivity contribution in [2.45, 2.75) is 7.43 Å². The van der Waals surface area contributed by atoms with Crippen molar-refractivity contribution in [3.8, 4) is 11.5 Å². The number of methoxy groups -OCH3 is 1. The van der Waals surface area contributed by atoms with Crippen molar-refractivity contribution >= 4 is 5.97 Å². The van der Waals surface area contributed by atoms with E-state index in [-0.39, 0.29) is 24.5 Å². The van der Waals surface area contributed by atoms with Gasteiger partial charge in [-0.25, -0.2) is 4.79 Å². The zero-order valence-electron chi connectivity index (χ0n) is 6.44. The average molecular weight is 184 g/mol. The lowest BCUT2D eigenvalue weighted by Gasteiger charge is -2.01. The molecule has 0 atom stereocenters. The fraction of sp³-hybridized carbons (Fsp3) is 0.222. The normalized spacial score (nSPS) is 8.69. The predicted molar refractivity (Wildman–Crippen MR) is 47.8 cm³/mol. The molecule has 0 aliphatic rings. The molecule has 0 amide bonds. The maximum Gasteiger partial charge on any atom is 0.341 e. The lowest BCUT2D eigenvalue weighted by Crippen LogP contribution is -2.00. The van der Waals surface area contributed by atoms with Crippen LogP contribution in [0.5, 0.6) is 11.5 Å². The lowest BCUT2D eigenvalue weighted by molar-refractivity contribution is 0.0597. The van der Waals surface area contributed by atoms with Gasteiger partial charge in [0.2, 0.25) is 0 Å². The van der Waals surface area contributed by atoms with E-state index in [0.717, 1.165) is 6.07 Å². The summed E-state index contributed by atoms with van der Waals surface area (Å²) in [6.45, 7) is 0. The van der Waals surface area contributed by atoms with E-state index in [9.17, 15) is 4.79 Å². The molecule has 1 aromatic rings. The van der Waals surface area contributed by atoms with Crippen LogP contribution in [0.15, 0.2) is 18.2 Å². The summed E-state index contributed by atoms with van der Waals surface area (Å²) in [4.78, 5) is 10.9. The predicted octanol–water partition coefficient (Wildman–Crippen LogP) is 1.52. The smallest absolute Gasteiger partial charge is 0.341 e. The highest BCUT2D eigenvalue weighted by Gasteiger charge is 2.11. The molecule has 1 rings (SSSR count). The number of phenolic OH excluding ortho intramolecular Hbond substituents is 2. The van der Waals surface area contributed by atoms with Gasteiger partial charge in [-0.1, -0.05) is 7.43 Å². The summed E-state index contributed by atoms with van der Waals surface area (Å²) < 4.78 is 4.36. The van der Waals surface area contributed by atoms with Crippen molar-refractivity contribution in [2.75, 3.05) is 7.11 Å². The second kappa shape index (κ2) is 4.35. The Hall–Kier alpha value is -1.71. The highest BCUT2D eigenvalue weighted by Crippen LogP contribution is 2.22. The Morgan fingerprint density at radius 1 is 1.38 bits per heavy atom. The molecule has 0 saturated carbocycles. The Balaban J connectivity index is 0.00000144. The van der Waals surface area contributed by atoms with Crippen LogP contribution in [0, 0.1) is 0 Å². The van der Waals surface area contributed by atoms with Gasteiger partial charge in [0, 0.05) is 0 Å². The van der Waals surface area contributed by atoms with E-state index >= 15 is 0 Å². The number of aromatic hydroxyl groups is 2. The van der Waals surface area contributed by atoms with Gasteiger partial charge >= 0.3 is 5.97 Å². The van der Waals surface area contributed by atoms with Crippen molar-refractivity contribution in [3.63, 3.8) is 0 Å². The third-order valence-corrected chi connectivity index (χ3v) is 1.39. The standard InChI is InChI=1S/C8H8O4.CH4/c1-12-8(11)6-4-5(9)2-3-7(6)10;/h2-4,9-10H,1H3;1H4. The van der Waals surface area contributed by atoms with Gasteiger partial charge in [0.05, 0.1) is 7.11 Å². The average Bonchev–Trinajstić information content (AvgIpc) is 2.08. The molecule has 0 radical (unpaired) electrons. The topological polar surface area (TPSA) is 66.8 Å². The maximum atomic E-state index is 10.9. The first kappa shape index (κ1) is 11.3. The molecule has 0 aromatic heterocycles. The fourth-order valence-electron chi connectivity index (χ4n) is 0.797. The minimum absolute atomic E-state index is 0. The van der Waals surface area contributed by atoms with Gasteiger partial charge in [-0.15, -0.1) is 0 Å². The van der Waals surface area contributed by atoms with Gasteiger partial charge < -0.3 is 14.9 Å². The first-order valence-corrected chi connectivity index (χ1v) is 3.25. The Kier molecular flexibility index (Phi) is 3.78. The van der Waals surface area contributed by atoms with Gasteiger partial charge in [0.15, 0.2) is 0 Å². The SMILES string of the molecule is C.COC(=O)c1cc(O)ccc1O. The van der Waals surface area contributed by atoms with E-state index in [1.54, 1.807) is 0 Å². The number of esters is 1. The van der Waals surface area contributed by atoms with E-state index in [4.69, 9.17) is 10.2 Å². The molecule has 1 aromatic carbocycles. The van der Waals surface area contributed by atoms with Gasteiger partial charge in [0.1, 0.15) is 17.1 Å². The summed E-state index contributed by atoms with van der Waals surface area (Å²) in [5, 5.41) is 18.1. The number of benzene rings is 1. The highest BCUT2D eigenvalue weighted by molar-refractivity contribution is 5.92. The molecule has 0 spiro atoms. The minimum Gasteiger partial charge on any atom is -0.508 e. The molecule has 4 nitrogen and oxygen atoms in total. The number of phenols is 2. The molecule has 0 fully saturated rings. The third-order valence-electron chi connectivity index (χ3n) is 1.39. The number of hydrogen-bond acceptors (Lipinski definition) is 4. The number of rotatable bonds is 1. The summed E-state index contributed by atoms with van der Waals surface area (Å²) in [6, 6.07) is 3.64. The number of carbonyl (C=O) groups is 1. The number of hydrogen-bond donors (Lipinski definition) is 2. The van der Waals surface area contributed by atoms with E-state index < -0.39 is 5.97 Å². The summed E-state index contributed by atoms with van der Waals surface area (Å²) in [6.07, 6.45) is 0. The zero-order chi connectivity index (χ0) is 9.14. The molecule has 72 valence electrons. The molecule has 0 saturated heterocycles. The molecule has 4 heteroatoms. The first-order valence-electron chi connectivity index (χ1n) is 3.25. The van der Waals surface area contributed by atoms with Crippen LogP contribution in [-0.4, -0.2) is 23.3 Å². The molecule has 13 heavy (non-hydrogen) atoms. The lowest BCUT2D eigenvalue weighted by atomic mass is 10.2. The van der Waals surface area contributed by atoms with Gasteiger partial charge in [-0.3, -0.25) is 0 Å². The highest BCUT2D eigenvalue weighted by atomic mass is 16.5. The summed E-state index contributed by atoms with van der Waals surface area (Å²) >= 11 is 0. The van der Waals surface area contributed by atoms with E-state index in [1.165, 1.54) is 19.2 Å². The van der Waals surface area contributed by atoms with Crippen LogP contribution >= 0.6 is 0 Å². The first-order chi connectivity index (χ1) is 5.65. The van der Waals surface area contributed by atoms with Crippen LogP contribution < -0.4 is 0 Å². The summed E-state index contributed by atoms with van der Waals surface area (Å²) in [7, 11) is 1.20. The van der Waals surface area contributed by atoms with Crippen molar-refractivity contribution in [1.29, 1.82) is 0 Å². The van der Waals surface area contributed by atoms with Crippen molar-refractivity contribution in [1.82, 2.24) is 0 Å². The second-order valence-corrected chi connectivity index (χ2v) is 2.19.